The van der Waals surface area contributed by atoms with E-state index in [-0.39, 0.29) is 5.82 Å². The van der Waals surface area contributed by atoms with Crippen molar-refractivity contribution in [3.05, 3.63) is 30.1 Å². The zero-order valence-electron chi connectivity index (χ0n) is 8.99. The second-order valence-corrected chi connectivity index (χ2v) is 4.20. The SMILES string of the molecule is CC1C(CN)CCN1c1cccc(F)c1. The highest BCUT2D eigenvalue weighted by molar-refractivity contribution is 5.48. The minimum Gasteiger partial charge on any atom is -0.368 e. The van der Waals surface area contributed by atoms with Crippen LogP contribution in [0.4, 0.5) is 10.1 Å². The second kappa shape index (κ2) is 4.19. The molecule has 0 radical (unpaired) electrons. The van der Waals surface area contributed by atoms with Gasteiger partial charge in [-0.2, -0.15) is 0 Å². The number of benzene rings is 1. The number of nitrogens with two attached hydrogens (primary N) is 1. The van der Waals surface area contributed by atoms with Crippen molar-refractivity contribution in [3.63, 3.8) is 0 Å². The molecule has 0 aliphatic carbocycles. The third-order valence-corrected chi connectivity index (χ3v) is 3.36. The number of hydrogen-bond donors (Lipinski definition) is 1. The second-order valence-electron chi connectivity index (χ2n) is 4.20. The highest BCUT2D eigenvalue weighted by atomic mass is 19.1. The van der Waals surface area contributed by atoms with Gasteiger partial charge in [0.1, 0.15) is 5.82 Å². The molecule has 1 aliphatic rings. The first-order valence-corrected chi connectivity index (χ1v) is 5.44. The molecule has 0 saturated carbocycles. The van der Waals surface area contributed by atoms with Gasteiger partial charge in [0.15, 0.2) is 0 Å². The van der Waals surface area contributed by atoms with Crippen LogP contribution in [-0.2, 0) is 0 Å². The molecule has 1 fully saturated rings. The van der Waals surface area contributed by atoms with Crippen molar-refractivity contribution in [2.24, 2.45) is 11.7 Å². The maximum Gasteiger partial charge on any atom is 0.125 e. The van der Waals surface area contributed by atoms with Gasteiger partial charge in [0.2, 0.25) is 0 Å². The quantitative estimate of drug-likeness (QED) is 0.805. The summed E-state index contributed by atoms with van der Waals surface area (Å²) < 4.78 is 13.1. The van der Waals surface area contributed by atoms with E-state index >= 15 is 0 Å². The minimum atomic E-state index is -0.170. The lowest BCUT2D eigenvalue weighted by Crippen LogP contribution is -2.32. The van der Waals surface area contributed by atoms with Crippen LogP contribution in [0.1, 0.15) is 13.3 Å². The Morgan fingerprint density at radius 1 is 1.53 bits per heavy atom. The summed E-state index contributed by atoms with van der Waals surface area (Å²) in [6.45, 7) is 3.86. The molecule has 82 valence electrons. The molecule has 2 atom stereocenters. The van der Waals surface area contributed by atoms with Crippen LogP contribution in [0.2, 0.25) is 0 Å². The van der Waals surface area contributed by atoms with Crippen LogP contribution >= 0.6 is 0 Å². The molecular formula is C12H17FN2. The molecule has 1 aliphatic heterocycles. The van der Waals surface area contributed by atoms with Crippen LogP contribution in [0, 0.1) is 11.7 Å². The molecular weight excluding hydrogens is 191 g/mol. The van der Waals surface area contributed by atoms with Crippen LogP contribution in [0.5, 0.6) is 0 Å². The number of nitrogens with zero attached hydrogens (tertiary/aromatic N) is 1. The van der Waals surface area contributed by atoms with Crippen molar-refractivity contribution in [1.29, 1.82) is 0 Å². The molecule has 3 heteroatoms. The smallest absolute Gasteiger partial charge is 0.125 e. The standard InChI is InChI=1S/C12H17FN2/c1-9-10(8-14)5-6-15(9)12-4-2-3-11(13)7-12/h2-4,7,9-10H,5-6,8,14H2,1H3. The van der Waals surface area contributed by atoms with Crippen LogP contribution < -0.4 is 10.6 Å². The predicted molar refractivity (Wildman–Crippen MR) is 60.4 cm³/mol. The van der Waals surface area contributed by atoms with Gasteiger partial charge in [-0.3, -0.25) is 0 Å². The fourth-order valence-corrected chi connectivity index (χ4v) is 2.34. The summed E-state index contributed by atoms with van der Waals surface area (Å²) in [7, 11) is 0. The van der Waals surface area contributed by atoms with Crippen molar-refractivity contribution < 1.29 is 4.39 Å². The van der Waals surface area contributed by atoms with E-state index in [1.54, 1.807) is 12.1 Å². The molecule has 0 spiro atoms. The third kappa shape index (κ3) is 1.97. The largest absolute Gasteiger partial charge is 0.368 e. The number of rotatable bonds is 2. The van der Waals surface area contributed by atoms with Gasteiger partial charge in [-0.25, -0.2) is 4.39 Å². The molecule has 15 heavy (non-hydrogen) atoms. The lowest BCUT2D eigenvalue weighted by atomic mass is 10.0. The predicted octanol–water partition coefficient (Wildman–Crippen LogP) is 2.00. The van der Waals surface area contributed by atoms with E-state index in [0.29, 0.717) is 18.5 Å². The topological polar surface area (TPSA) is 29.3 Å². The molecule has 1 aromatic rings. The molecule has 2 rings (SSSR count). The Hall–Kier alpha value is -1.09. The van der Waals surface area contributed by atoms with Crippen LogP contribution in [-0.4, -0.2) is 19.1 Å². The Morgan fingerprint density at radius 2 is 2.33 bits per heavy atom. The zero-order chi connectivity index (χ0) is 10.8. The summed E-state index contributed by atoms with van der Waals surface area (Å²) >= 11 is 0. The highest BCUT2D eigenvalue weighted by Gasteiger charge is 2.29. The lowest BCUT2D eigenvalue weighted by Gasteiger charge is -2.26. The summed E-state index contributed by atoms with van der Waals surface area (Å²) in [5.74, 6) is 0.365. The van der Waals surface area contributed by atoms with Gasteiger partial charge in [0.05, 0.1) is 0 Å². The minimum absolute atomic E-state index is 0.170. The van der Waals surface area contributed by atoms with E-state index in [4.69, 9.17) is 5.73 Å². The van der Waals surface area contributed by atoms with E-state index in [9.17, 15) is 4.39 Å². The van der Waals surface area contributed by atoms with Crippen molar-refractivity contribution in [3.8, 4) is 0 Å². The first-order valence-electron chi connectivity index (χ1n) is 5.44. The third-order valence-electron chi connectivity index (χ3n) is 3.36. The molecule has 2 nitrogen and oxygen atoms in total. The molecule has 0 amide bonds. The number of anilines is 1. The van der Waals surface area contributed by atoms with Gasteiger partial charge in [-0.1, -0.05) is 6.07 Å². The monoisotopic (exact) mass is 208 g/mol. The fourth-order valence-electron chi connectivity index (χ4n) is 2.34. The van der Waals surface area contributed by atoms with E-state index < -0.39 is 0 Å². The van der Waals surface area contributed by atoms with Crippen LogP contribution in [0.15, 0.2) is 24.3 Å². The first kappa shape index (κ1) is 10.4. The van der Waals surface area contributed by atoms with E-state index in [1.807, 2.05) is 6.07 Å². The summed E-state index contributed by atoms with van der Waals surface area (Å²) in [6, 6.07) is 7.20. The van der Waals surface area contributed by atoms with Crippen molar-refractivity contribution in [1.82, 2.24) is 0 Å². The van der Waals surface area contributed by atoms with E-state index in [2.05, 4.69) is 11.8 Å². The Balaban J connectivity index is 2.18. The average molecular weight is 208 g/mol. The summed E-state index contributed by atoms with van der Waals surface area (Å²) in [5.41, 5.74) is 6.66. The fraction of sp³-hybridized carbons (Fsp3) is 0.500. The van der Waals surface area contributed by atoms with Gasteiger partial charge in [-0.15, -0.1) is 0 Å². The van der Waals surface area contributed by atoms with Gasteiger partial charge in [0, 0.05) is 18.3 Å². The van der Waals surface area contributed by atoms with Gasteiger partial charge >= 0.3 is 0 Å². The van der Waals surface area contributed by atoms with Gasteiger partial charge < -0.3 is 10.6 Å². The summed E-state index contributed by atoms with van der Waals surface area (Å²) in [6.07, 6.45) is 1.11. The zero-order valence-corrected chi connectivity index (χ0v) is 8.99. The maximum atomic E-state index is 13.1. The molecule has 1 saturated heterocycles. The Labute approximate surface area is 89.9 Å². The Morgan fingerprint density at radius 3 is 2.93 bits per heavy atom. The van der Waals surface area contributed by atoms with Gasteiger partial charge in [-0.05, 0) is 44.0 Å². The average Bonchev–Trinajstić information content (AvgIpc) is 2.59. The Bertz CT molecular complexity index is 340. The lowest BCUT2D eigenvalue weighted by molar-refractivity contribution is 0.508. The molecule has 1 aromatic carbocycles. The van der Waals surface area contributed by atoms with Crippen molar-refractivity contribution in [2.45, 2.75) is 19.4 Å². The van der Waals surface area contributed by atoms with Crippen LogP contribution in [0.3, 0.4) is 0 Å². The number of halogens is 1. The summed E-state index contributed by atoms with van der Waals surface area (Å²) in [4.78, 5) is 2.24. The molecule has 2 unspecified atom stereocenters. The first-order chi connectivity index (χ1) is 7.22. The molecule has 2 N–H and O–H groups in total. The highest BCUT2D eigenvalue weighted by Crippen LogP contribution is 2.29. The van der Waals surface area contributed by atoms with Crippen molar-refractivity contribution >= 4 is 5.69 Å². The Kier molecular flexibility index (Phi) is 2.91. The maximum absolute atomic E-state index is 13.1. The summed E-state index contributed by atoms with van der Waals surface area (Å²) in [5, 5.41) is 0. The molecule has 0 aromatic heterocycles. The van der Waals surface area contributed by atoms with Crippen molar-refractivity contribution in [2.75, 3.05) is 18.0 Å². The van der Waals surface area contributed by atoms with E-state index in [0.717, 1.165) is 18.7 Å². The molecule has 1 heterocycles. The van der Waals surface area contributed by atoms with Gasteiger partial charge in [0.25, 0.3) is 0 Å². The van der Waals surface area contributed by atoms with E-state index in [1.165, 1.54) is 6.07 Å². The normalized spacial score (nSPS) is 25.9. The number of hydrogen-bond acceptors (Lipinski definition) is 2. The molecule has 0 bridgehead atoms. The van der Waals surface area contributed by atoms with Crippen LogP contribution in [0.25, 0.3) is 0 Å².